The zero-order chi connectivity index (χ0) is 23.4. The van der Waals surface area contributed by atoms with Gasteiger partial charge < -0.3 is 29.8 Å². The van der Waals surface area contributed by atoms with Crippen LogP contribution in [0, 0.1) is 12.3 Å². The normalized spacial score (nSPS) is 22.1. The molecule has 0 bridgehead atoms. The number of anilines is 1. The second kappa shape index (κ2) is 7.98. The third-order valence-corrected chi connectivity index (χ3v) is 6.81. The van der Waals surface area contributed by atoms with Crippen molar-refractivity contribution in [1.82, 2.24) is 19.5 Å². The molecule has 2 saturated heterocycles. The molecule has 3 aromatic rings. The number of nitrogens with zero attached hydrogens (tertiary/aromatic N) is 5. The van der Waals surface area contributed by atoms with Crippen molar-refractivity contribution >= 4 is 23.1 Å². The fraction of sp³-hybridized carbons (Fsp3) is 0.417. The highest BCUT2D eigenvalue weighted by Gasteiger charge is 2.34. The summed E-state index contributed by atoms with van der Waals surface area (Å²) in [6.07, 6.45) is 3.93. The van der Waals surface area contributed by atoms with Gasteiger partial charge in [-0.3, -0.25) is 4.79 Å². The van der Waals surface area contributed by atoms with E-state index in [4.69, 9.17) is 25.0 Å². The molecule has 10 heteroatoms. The summed E-state index contributed by atoms with van der Waals surface area (Å²) < 4.78 is 12.8. The van der Waals surface area contributed by atoms with Gasteiger partial charge in [0.1, 0.15) is 11.9 Å². The van der Waals surface area contributed by atoms with Crippen LogP contribution in [-0.4, -0.2) is 68.8 Å². The van der Waals surface area contributed by atoms with Gasteiger partial charge in [0.2, 0.25) is 6.79 Å². The number of aliphatic hydroxyl groups excluding tert-OH is 1. The minimum Gasteiger partial charge on any atom is -0.454 e. The maximum Gasteiger partial charge on any atom is 0.258 e. The molecule has 1 amide bonds. The molecule has 0 aliphatic carbocycles. The van der Waals surface area contributed by atoms with E-state index >= 15 is 0 Å². The van der Waals surface area contributed by atoms with Crippen LogP contribution in [0.25, 0.3) is 5.65 Å². The van der Waals surface area contributed by atoms with Crippen molar-refractivity contribution in [3.8, 4) is 11.5 Å². The van der Waals surface area contributed by atoms with E-state index in [2.05, 4.69) is 0 Å². The number of para-hydroxylation sites is 1. The number of fused-ring (bicyclic) bond motifs is 2. The smallest absolute Gasteiger partial charge is 0.258 e. The number of carbonyl (C=O) groups is 1. The largest absolute Gasteiger partial charge is 0.454 e. The van der Waals surface area contributed by atoms with Crippen LogP contribution >= 0.6 is 0 Å². The number of likely N-dealkylation sites (tertiary alicyclic amines) is 1. The zero-order valence-corrected chi connectivity index (χ0v) is 18.9. The highest BCUT2D eigenvalue weighted by molar-refractivity contribution is 5.98. The Hall–Kier alpha value is -3.66. The minimum absolute atomic E-state index is 0.0847. The maximum atomic E-state index is 13.6. The molecule has 2 aromatic heterocycles. The molecule has 3 aliphatic rings. The summed E-state index contributed by atoms with van der Waals surface area (Å²) in [5, 5.41) is 22.7. The van der Waals surface area contributed by atoms with Gasteiger partial charge in [-0.25, -0.2) is 9.50 Å². The standard InChI is InChI=1S/C24H26N6O4/c1-14-10-30-21(26-23(14)28-11-16(25)19(31)12-28)9-17(27-30)18-6-2-3-8-29(18)24(32)15-5-4-7-20-22(15)34-13-33-20/h4-5,7,9-10,18-19,25,31H,2-3,6,8,11-13H2,1H3/t18-,19-/m0/s1. The molecule has 176 valence electrons. The first-order valence-corrected chi connectivity index (χ1v) is 11.6. The molecular weight excluding hydrogens is 436 g/mol. The van der Waals surface area contributed by atoms with Crippen LogP contribution in [0.4, 0.5) is 5.82 Å². The highest BCUT2D eigenvalue weighted by Crippen LogP contribution is 2.39. The van der Waals surface area contributed by atoms with Gasteiger partial charge >= 0.3 is 0 Å². The van der Waals surface area contributed by atoms with Crippen LogP contribution in [0.1, 0.15) is 46.9 Å². The molecule has 0 saturated carbocycles. The number of benzene rings is 1. The summed E-state index contributed by atoms with van der Waals surface area (Å²) in [5.41, 5.74) is 3.21. The third kappa shape index (κ3) is 3.37. The quantitative estimate of drug-likeness (QED) is 0.614. The van der Waals surface area contributed by atoms with Crippen LogP contribution in [-0.2, 0) is 0 Å². The van der Waals surface area contributed by atoms with Gasteiger partial charge in [-0.05, 0) is 38.3 Å². The van der Waals surface area contributed by atoms with Crippen LogP contribution < -0.4 is 14.4 Å². The Morgan fingerprint density at radius 3 is 2.97 bits per heavy atom. The van der Waals surface area contributed by atoms with E-state index in [1.54, 1.807) is 16.6 Å². The first-order valence-electron chi connectivity index (χ1n) is 11.6. The van der Waals surface area contributed by atoms with Gasteiger partial charge in [0.05, 0.1) is 36.1 Å². The maximum absolute atomic E-state index is 13.6. The lowest BCUT2D eigenvalue weighted by atomic mass is 9.98. The Labute approximate surface area is 196 Å². The molecule has 34 heavy (non-hydrogen) atoms. The number of aryl methyl sites for hydroxylation is 1. The van der Waals surface area contributed by atoms with E-state index in [1.807, 2.05) is 35.1 Å². The Morgan fingerprint density at radius 2 is 2.15 bits per heavy atom. The van der Waals surface area contributed by atoms with Crippen molar-refractivity contribution in [2.75, 3.05) is 31.3 Å². The SMILES string of the molecule is Cc1cn2nc([C@@H]3CCCCN3C(=O)c3cccc4c3OCO4)cc2nc1N1CC(=N)[C@@H](O)C1. The molecule has 2 atom stereocenters. The second-order valence-corrected chi connectivity index (χ2v) is 9.09. The fourth-order valence-corrected chi connectivity index (χ4v) is 5.09. The number of piperidine rings is 1. The summed E-state index contributed by atoms with van der Waals surface area (Å²) in [5.74, 6) is 1.76. The summed E-state index contributed by atoms with van der Waals surface area (Å²) in [6.45, 7) is 3.45. The van der Waals surface area contributed by atoms with Crippen molar-refractivity contribution in [1.29, 1.82) is 5.41 Å². The van der Waals surface area contributed by atoms with E-state index in [0.29, 0.717) is 48.1 Å². The third-order valence-electron chi connectivity index (χ3n) is 6.81. The number of nitrogens with one attached hydrogen (secondary N) is 1. The highest BCUT2D eigenvalue weighted by atomic mass is 16.7. The lowest BCUT2D eigenvalue weighted by Crippen LogP contribution is -2.38. The monoisotopic (exact) mass is 462 g/mol. The van der Waals surface area contributed by atoms with Crippen LogP contribution in [0.2, 0.25) is 0 Å². The van der Waals surface area contributed by atoms with Crippen LogP contribution in [0.15, 0.2) is 30.5 Å². The first-order chi connectivity index (χ1) is 16.5. The molecule has 2 N–H and O–H groups in total. The van der Waals surface area contributed by atoms with Gasteiger partial charge in [0.25, 0.3) is 5.91 Å². The van der Waals surface area contributed by atoms with Gasteiger partial charge in [-0.1, -0.05) is 6.07 Å². The second-order valence-electron chi connectivity index (χ2n) is 9.09. The van der Waals surface area contributed by atoms with Crippen molar-refractivity contribution in [2.24, 2.45) is 0 Å². The van der Waals surface area contributed by atoms with E-state index < -0.39 is 6.10 Å². The predicted octanol–water partition coefficient (Wildman–Crippen LogP) is 2.33. The Balaban J connectivity index is 1.33. The number of hydrogen-bond donors (Lipinski definition) is 2. The number of amides is 1. The van der Waals surface area contributed by atoms with Gasteiger partial charge in [0.15, 0.2) is 17.1 Å². The number of carbonyl (C=O) groups excluding carboxylic acids is 1. The molecule has 2 fully saturated rings. The summed E-state index contributed by atoms with van der Waals surface area (Å²) in [4.78, 5) is 22.2. The lowest BCUT2D eigenvalue weighted by molar-refractivity contribution is 0.0601. The molecule has 0 radical (unpaired) electrons. The molecule has 6 rings (SSSR count). The van der Waals surface area contributed by atoms with Gasteiger partial charge in [-0.2, -0.15) is 5.10 Å². The summed E-state index contributed by atoms with van der Waals surface area (Å²) in [7, 11) is 0. The van der Waals surface area contributed by atoms with Crippen molar-refractivity contribution < 1.29 is 19.4 Å². The summed E-state index contributed by atoms with van der Waals surface area (Å²) >= 11 is 0. The number of hydrogen-bond acceptors (Lipinski definition) is 8. The number of ether oxygens (including phenoxy) is 2. The molecule has 1 aromatic carbocycles. The van der Waals surface area contributed by atoms with E-state index in [1.165, 1.54) is 0 Å². The van der Waals surface area contributed by atoms with Crippen molar-refractivity contribution in [3.05, 3.63) is 47.3 Å². The van der Waals surface area contributed by atoms with Crippen LogP contribution in [0.3, 0.4) is 0 Å². The lowest BCUT2D eigenvalue weighted by Gasteiger charge is -2.35. The Bertz CT molecular complexity index is 1300. The Morgan fingerprint density at radius 1 is 1.26 bits per heavy atom. The Kier molecular flexibility index (Phi) is 4.91. The van der Waals surface area contributed by atoms with Crippen molar-refractivity contribution in [3.63, 3.8) is 0 Å². The minimum atomic E-state index is -0.756. The zero-order valence-electron chi connectivity index (χ0n) is 18.9. The topological polar surface area (TPSA) is 116 Å². The van der Waals surface area contributed by atoms with Gasteiger partial charge in [-0.15, -0.1) is 0 Å². The summed E-state index contributed by atoms with van der Waals surface area (Å²) in [6, 6.07) is 7.18. The number of aliphatic hydroxyl groups is 1. The molecular formula is C24H26N6O4. The molecule has 3 aliphatic heterocycles. The first kappa shape index (κ1) is 20.9. The molecule has 5 heterocycles. The number of aromatic nitrogens is 3. The molecule has 0 spiro atoms. The van der Waals surface area contributed by atoms with Crippen LogP contribution in [0.5, 0.6) is 11.5 Å². The van der Waals surface area contributed by atoms with Crippen molar-refractivity contribution in [2.45, 2.75) is 38.3 Å². The molecule has 0 unspecified atom stereocenters. The fourth-order valence-electron chi connectivity index (χ4n) is 5.09. The van der Waals surface area contributed by atoms with E-state index in [0.717, 1.165) is 36.3 Å². The number of rotatable bonds is 3. The van der Waals surface area contributed by atoms with Gasteiger partial charge in [0, 0.05) is 24.4 Å². The average Bonchev–Trinajstić information content (AvgIpc) is 3.56. The van der Waals surface area contributed by atoms with E-state index in [9.17, 15) is 9.90 Å². The molecule has 10 nitrogen and oxygen atoms in total. The number of β-amino-alcohol motifs (C(OH)–C–C–N with tert-alkyl or cyclic N) is 1. The average molecular weight is 463 g/mol. The predicted molar refractivity (Wildman–Crippen MR) is 124 cm³/mol. The van der Waals surface area contributed by atoms with E-state index in [-0.39, 0.29) is 18.7 Å².